The van der Waals surface area contributed by atoms with Gasteiger partial charge >= 0.3 is 12.2 Å². The Morgan fingerprint density at radius 1 is 0.758 bits per heavy atom. The molecule has 2 fully saturated rings. The van der Waals surface area contributed by atoms with Crippen LogP contribution < -0.4 is 10.6 Å². The number of allylic oxidation sites excluding steroid dienone is 1. The van der Waals surface area contributed by atoms with E-state index in [9.17, 15) is 14.4 Å². The number of imidazole rings is 1. The number of aliphatic imine (C=N–C) groups is 1. The highest BCUT2D eigenvalue weighted by atomic mass is 32.3. The van der Waals surface area contributed by atoms with Crippen LogP contribution in [-0.4, -0.2) is 113 Å². The van der Waals surface area contributed by atoms with Gasteiger partial charge < -0.3 is 30.0 Å². The van der Waals surface area contributed by atoms with Crippen molar-refractivity contribution in [1.29, 1.82) is 0 Å². The number of amides is 3. The standard InChI is InChI=1S/C53H63N7O5S/c1-36(45(57-52(62)64-2)30-37-14-8-6-9-15-37)59-29-13-20-48(59)50-55-33-47(56-50)42-27-25-40(26-28-42)39-21-23-41(24-22-39)43-18-12-19-44(54-32-43)49-34-66(4,5)35-60(49)51(61)46(58-53(63)65-3)31-38-16-10-7-11-17-38/h6-11,14-17,21-28,32-33,36,45-46,48-49H,12-13,18-20,29-31,34-35H2,1-5H3,(H,55,56)(H,57,62)(H,58,63). The van der Waals surface area contributed by atoms with Crippen LogP contribution in [0, 0.1) is 0 Å². The third kappa shape index (κ3) is 11.1. The van der Waals surface area contributed by atoms with Crippen molar-refractivity contribution in [2.45, 2.75) is 82.1 Å². The van der Waals surface area contributed by atoms with E-state index in [0.29, 0.717) is 18.7 Å². The minimum absolute atomic E-state index is 0.0525. The number of hydrogen-bond donors (Lipinski definition) is 3. The Morgan fingerprint density at radius 2 is 1.36 bits per heavy atom. The van der Waals surface area contributed by atoms with E-state index in [1.54, 1.807) is 0 Å². The monoisotopic (exact) mass is 909 g/mol. The van der Waals surface area contributed by atoms with Gasteiger partial charge in [-0.2, -0.15) is 0 Å². The van der Waals surface area contributed by atoms with Crippen molar-refractivity contribution in [3.05, 3.63) is 144 Å². The number of carbonyl (C=O) groups excluding carboxylic acids is 3. The Hall–Kier alpha value is -6.18. The van der Waals surface area contributed by atoms with Crippen molar-refractivity contribution in [3.8, 4) is 22.4 Å². The highest BCUT2D eigenvalue weighted by Crippen LogP contribution is 2.49. The van der Waals surface area contributed by atoms with Gasteiger partial charge in [0.1, 0.15) is 11.9 Å². The summed E-state index contributed by atoms with van der Waals surface area (Å²) in [5.74, 6) is 2.40. The molecule has 2 saturated heterocycles. The molecule has 12 nitrogen and oxygen atoms in total. The summed E-state index contributed by atoms with van der Waals surface area (Å²) in [6.45, 7) is 3.11. The number of aromatic nitrogens is 2. The number of H-pyrrole nitrogens is 1. The normalized spacial score (nSPS) is 20.2. The predicted octanol–water partition coefficient (Wildman–Crippen LogP) is 9.40. The second-order valence-corrected chi connectivity index (χ2v) is 22.4. The molecule has 3 N–H and O–H groups in total. The quantitative estimate of drug-likeness (QED) is 0.101. The maximum Gasteiger partial charge on any atom is 0.407 e. The Balaban J connectivity index is 0.929. The first-order valence-electron chi connectivity index (χ1n) is 23.0. The molecule has 5 aromatic rings. The van der Waals surface area contributed by atoms with Gasteiger partial charge in [0.2, 0.25) is 5.91 Å². The van der Waals surface area contributed by atoms with Crippen LogP contribution in [0.4, 0.5) is 9.59 Å². The van der Waals surface area contributed by atoms with Gasteiger partial charge in [-0.25, -0.2) is 24.6 Å². The van der Waals surface area contributed by atoms with Gasteiger partial charge in [-0.1, -0.05) is 109 Å². The summed E-state index contributed by atoms with van der Waals surface area (Å²) < 4.78 is 9.94. The maximum absolute atomic E-state index is 14.3. The Bertz CT molecular complexity index is 2510. The van der Waals surface area contributed by atoms with Crippen molar-refractivity contribution in [2.75, 3.05) is 44.9 Å². The number of benzene rings is 4. The van der Waals surface area contributed by atoms with Crippen molar-refractivity contribution in [1.82, 2.24) is 30.4 Å². The highest BCUT2D eigenvalue weighted by molar-refractivity contribution is 8.32. The highest BCUT2D eigenvalue weighted by Gasteiger charge is 2.42. The van der Waals surface area contributed by atoms with E-state index >= 15 is 0 Å². The first-order chi connectivity index (χ1) is 32.0. The topological polar surface area (TPSA) is 141 Å². The van der Waals surface area contributed by atoms with Gasteiger partial charge in [0.15, 0.2) is 0 Å². The Kier molecular flexibility index (Phi) is 14.7. The fourth-order valence-electron chi connectivity index (χ4n) is 9.80. The van der Waals surface area contributed by atoms with Crippen LogP contribution in [0.3, 0.4) is 0 Å². The summed E-state index contributed by atoms with van der Waals surface area (Å²) in [6, 6.07) is 36.5. The summed E-state index contributed by atoms with van der Waals surface area (Å²) in [5.41, 5.74) is 9.79. The van der Waals surface area contributed by atoms with Crippen molar-refractivity contribution >= 4 is 39.4 Å². The molecular weight excluding hydrogens is 847 g/mol. The van der Waals surface area contributed by atoms with Crippen LogP contribution in [0.15, 0.2) is 127 Å². The number of hydrogen-bond acceptors (Lipinski definition) is 8. The maximum atomic E-state index is 14.3. The van der Waals surface area contributed by atoms with E-state index in [0.717, 1.165) is 95.0 Å². The van der Waals surface area contributed by atoms with Gasteiger partial charge in [-0.15, -0.1) is 0 Å². The van der Waals surface area contributed by atoms with Crippen LogP contribution in [0.5, 0.6) is 0 Å². The van der Waals surface area contributed by atoms with Crippen LogP contribution in [-0.2, 0) is 27.1 Å². The molecule has 0 aliphatic carbocycles. The van der Waals surface area contributed by atoms with Gasteiger partial charge in [0, 0.05) is 30.1 Å². The molecule has 4 aromatic carbocycles. The third-order valence-electron chi connectivity index (χ3n) is 13.3. The van der Waals surface area contributed by atoms with Gasteiger partial charge in [0.25, 0.3) is 0 Å². The lowest BCUT2D eigenvalue weighted by molar-refractivity contribution is -0.132. The number of likely N-dealkylation sites (tertiary alicyclic amines) is 1. The molecule has 5 atom stereocenters. The van der Waals surface area contributed by atoms with Crippen LogP contribution in [0.2, 0.25) is 0 Å². The molecule has 0 saturated carbocycles. The molecule has 3 aliphatic heterocycles. The lowest BCUT2D eigenvalue weighted by Crippen LogP contribution is -2.53. The van der Waals surface area contributed by atoms with Gasteiger partial charge in [0.05, 0.1) is 50.1 Å². The number of rotatable bonds is 14. The zero-order valence-corrected chi connectivity index (χ0v) is 39.6. The molecule has 3 amide bonds. The average Bonchev–Trinajstić information content (AvgIpc) is 4.06. The van der Waals surface area contributed by atoms with Crippen molar-refractivity contribution < 1.29 is 23.9 Å². The number of carbonyl (C=O) groups is 3. The SMILES string of the molecule is COC(=O)NC(Cc1ccccc1)C(=O)N1CS(C)(C)CC1C1=NC=C(c2ccc(-c3ccc(-c4cnc(C5CCCN5C(C)C(Cc5ccccc5)NC(=O)OC)[nH]4)cc3)cc2)CCC1. The molecule has 3 aliphatic rings. The Labute approximate surface area is 390 Å². The van der Waals surface area contributed by atoms with Crippen LogP contribution in [0.1, 0.15) is 67.6 Å². The van der Waals surface area contributed by atoms with Gasteiger partial charge in [-0.3, -0.25) is 14.7 Å². The fourth-order valence-corrected chi connectivity index (χ4v) is 12.2. The molecule has 346 valence electrons. The molecule has 0 radical (unpaired) electrons. The first-order valence-corrected chi connectivity index (χ1v) is 25.8. The fraction of sp³-hybridized carbons (Fsp3) is 0.377. The number of methoxy groups -OCH3 is 2. The van der Waals surface area contributed by atoms with Crippen LogP contribution >= 0.6 is 10.0 Å². The first kappa shape index (κ1) is 46.4. The second kappa shape index (κ2) is 21.0. The number of nitrogens with zero attached hydrogens (tertiary/aromatic N) is 4. The molecule has 0 spiro atoms. The molecule has 13 heteroatoms. The predicted molar refractivity (Wildman–Crippen MR) is 266 cm³/mol. The van der Waals surface area contributed by atoms with E-state index in [4.69, 9.17) is 19.5 Å². The summed E-state index contributed by atoms with van der Waals surface area (Å²) in [6.07, 6.45) is 13.2. The molecule has 5 unspecified atom stereocenters. The Morgan fingerprint density at radius 3 is 2.02 bits per heavy atom. The van der Waals surface area contributed by atoms with E-state index < -0.39 is 28.3 Å². The summed E-state index contributed by atoms with van der Waals surface area (Å²) in [4.78, 5) is 57.2. The zero-order valence-electron chi connectivity index (χ0n) is 38.7. The average molecular weight is 910 g/mol. The van der Waals surface area contributed by atoms with Crippen LogP contribution in [0.25, 0.3) is 28.0 Å². The van der Waals surface area contributed by atoms with E-state index in [2.05, 4.69) is 101 Å². The minimum atomic E-state index is -1.09. The minimum Gasteiger partial charge on any atom is -0.453 e. The summed E-state index contributed by atoms with van der Waals surface area (Å²) >= 11 is 0. The van der Waals surface area contributed by atoms with Crippen molar-refractivity contribution in [3.63, 3.8) is 0 Å². The second-order valence-electron chi connectivity index (χ2n) is 18.3. The number of nitrogens with one attached hydrogen (secondary N) is 3. The molecule has 66 heavy (non-hydrogen) atoms. The molecule has 1 aromatic heterocycles. The number of alkyl carbamates (subject to hydrolysis) is 2. The smallest absolute Gasteiger partial charge is 0.407 e. The number of ether oxygens (including phenoxy) is 2. The van der Waals surface area contributed by atoms with E-state index in [-0.39, 0.29) is 30.1 Å². The largest absolute Gasteiger partial charge is 0.453 e. The molecule has 4 heterocycles. The lowest BCUT2D eigenvalue weighted by atomic mass is 9.97. The van der Waals surface area contributed by atoms with E-state index in [1.807, 2.05) is 65.8 Å². The molecular formula is C53H63N7O5S. The lowest BCUT2D eigenvalue weighted by Gasteiger charge is -2.35. The third-order valence-corrected chi connectivity index (χ3v) is 15.5. The summed E-state index contributed by atoms with van der Waals surface area (Å²) in [5, 5.41) is 5.93. The van der Waals surface area contributed by atoms with Gasteiger partial charge in [-0.05, 0) is 103 Å². The number of aromatic amines is 1. The van der Waals surface area contributed by atoms with Crippen molar-refractivity contribution in [2.24, 2.45) is 4.99 Å². The molecule has 8 rings (SSSR count). The molecule has 0 bridgehead atoms. The summed E-state index contributed by atoms with van der Waals surface area (Å²) in [7, 11) is 1.64. The van der Waals surface area contributed by atoms with E-state index in [1.165, 1.54) is 19.8 Å². The zero-order chi connectivity index (χ0) is 46.2.